The number of benzene rings is 2. The number of carbonyl (C=O) groups is 3. The third kappa shape index (κ3) is 5.61. The van der Waals surface area contributed by atoms with Gasteiger partial charge in [0.05, 0.1) is 16.2 Å². The third-order valence-corrected chi connectivity index (χ3v) is 5.04. The maximum atomic E-state index is 12.9. The molecule has 1 saturated heterocycles. The quantitative estimate of drug-likeness (QED) is 0.477. The number of aliphatic carboxylic acids is 1. The fraction of sp³-hybridized carbons (Fsp3) is 0.0909. The number of aromatic carboxylic acids is 1. The second kappa shape index (κ2) is 9.77. The van der Waals surface area contributed by atoms with Crippen molar-refractivity contribution in [1.29, 1.82) is 0 Å². The van der Waals surface area contributed by atoms with Crippen molar-refractivity contribution in [2.75, 3.05) is 13.2 Å². The van der Waals surface area contributed by atoms with Crippen LogP contribution in [0.15, 0.2) is 71.1 Å². The molecule has 0 aromatic heterocycles. The molecule has 0 aliphatic carbocycles. The Bertz CT molecular complexity index is 1110. The minimum absolute atomic E-state index is 0.0976. The zero-order valence-electron chi connectivity index (χ0n) is 16.2. The Morgan fingerprint density at radius 2 is 1.94 bits per heavy atom. The van der Waals surface area contributed by atoms with E-state index in [9.17, 15) is 14.4 Å². The molecule has 0 unspecified atom stereocenters. The molecule has 3 rings (SSSR count). The van der Waals surface area contributed by atoms with Gasteiger partial charge in [-0.2, -0.15) is 0 Å². The number of amidine groups is 1. The lowest BCUT2D eigenvalue weighted by atomic mass is 10.2. The van der Waals surface area contributed by atoms with Gasteiger partial charge < -0.3 is 14.9 Å². The van der Waals surface area contributed by atoms with Gasteiger partial charge in [-0.25, -0.2) is 14.6 Å². The summed E-state index contributed by atoms with van der Waals surface area (Å²) in [6, 6.07) is 12.8. The third-order valence-electron chi connectivity index (χ3n) is 4.04. The molecule has 158 valence electrons. The monoisotopic (exact) mass is 438 g/mol. The number of thioether (sulfide) groups is 1. The largest absolute Gasteiger partial charge is 0.482 e. The summed E-state index contributed by atoms with van der Waals surface area (Å²) in [6.45, 7) is 3.45. The van der Waals surface area contributed by atoms with E-state index in [2.05, 4.69) is 11.6 Å². The van der Waals surface area contributed by atoms with Gasteiger partial charge in [0, 0.05) is 6.54 Å². The van der Waals surface area contributed by atoms with Crippen LogP contribution in [0.2, 0.25) is 0 Å². The highest BCUT2D eigenvalue weighted by atomic mass is 32.2. The number of carboxylic acids is 2. The molecule has 0 bridgehead atoms. The molecule has 1 heterocycles. The summed E-state index contributed by atoms with van der Waals surface area (Å²) < 4.78 is 5.17. The zero-order chi connectivity index (χ0) is 22.4. The van der Waals surface area contributed by atoms with Crippen LogP contribution in [0.1, 0.15) is 15.9 Å². The van der Waals surface area contributed by atoms with Crippen molar-refractivity contribution >= 4 is 46.5 Å². The number of aliphatic imine (C=N–C) groups is 1. The fourth-order valence-electron chi connectivity index (χ4n) is 2.69. The number of rotatable bonds is 8. The second-order valence-electron chi connectivity index (χ2n) is 6.32. The molecule has 0 radical (unpaired) electrons. The van der Waals surface area contributed by atoms with E-state index in [-0.39, 0.29) is 18.0 Å². The number of nitrogens with zero attached hydrogens (tertiary/aromatic N) is 2. The average molecular weight is 438 g/mol. The molecule has 1 amide bonds. The van der Waals surface area contributed by atoms with Crippen LogP contribution in [0, 0.1) is 0 Å². The molecule has 1 aliphatic rings. The molecule has 2 aromatic carbocycles. The molecule has 9 heteroatoms. The van der Waals surface area contributed by atoms with Crippen LogP contribution in [0.25, 0.3) is 6.08 Å². The molecule has 0 saturated carbocycles. The Kier molecular flexibility index (Phi) is 6.88. The highest BCUT2D eigenvalue weighted by Crippen LogP contribution is 2.34. The van der Waals surface area contributed by atoms with Crippen LogP contribution in [-0.4, -0.2) is 51.3 Å². The van der Waals surface area contributed by atoms with Gasteiger partial charge >= 0.3 is 11.9 Å². The smallest absolute Gasteiger partial charge is 0.341 e. The molecule has 2 aromatic rings. The Hall–Kier alpha value is -3.85. The van der Waals surface area contributed by atoms with Crippen molar-refractivity contribution < 1.29 is 29.3 Å². The summed E-state index contributed by atoms with van der Waals surface area (Å²) in [5.41, 5.74) is 1.17. The van der Waals surface area contributed by atoms with Crippen LogP contribution < -0.4 is 4.74 Å². The van der Waals surface area contributed by atoms with Gasteiger partial charge in [0.1, 0.15) is 5.75 Å². The SMILES string of the molecule is C=CCN1C(=O)/C(=C/c2cccc(OCC(=O)O)c2)SC1=Nc1cccc(C(=O)O)c1. The summed E-state index contributed by atoms with van der Waals surface area (Å²) in [6.07, 6.45) is 3.23. The van der Waals surface area contributed by atoms with Crippen molar-refractivity contribution in [2.45, 2.75) is 0 Å². The van der Waals surface area contributed by atoms with Gasteiger partial charge in [-0.3, -0.25) is 9.69 Å². The maximum absolute atomic E-state index is 12.9. The summed E-state index contributed by atoms with van der Waals surface area (Å²) in [4.78, 5) is 41.1. The lowest BCUT2D eigenvalue weighted by Gasteiger charge is -2.12. The fourth-order valence-corrected chi connectivity index (χ4v) is 3.70. The van der Waals surface area contributed by atoms with Crippen LogP contribution in [0.4, 0.5) is 5.69 Å². The molecule has 1 fully saturated rings. The van der Waals surface area contributed by atoms with E-state index in [1.807, 2.05) is 0 Å². The minimum Gasteiger partial charge on any atom is -0.482 e. The first-order valence-corrected chi connectivity index (χ1v) is 9.88. The zero-order valence-corrected chi connectivity index (χ0v) is 17.0. The van der Waals surface area contributed by atoms with Gasteiger partial charge in [-0.1, -0.05) is 24.3 Å². The van der Waals surface area contributed by atoms with E-state index in [1.54, 1.807) is 48.6 Å². The second-order valence-corrected chi connectivity index (χ2v) is 7.33. The van der Waals surface area contributed by atoms with E-state index in [1.165, 1.54) is 17.0 Å². The number of carbonyl (C=O) groups excluding carboxylic acids is 1. The predicted octanol–water partition coefficient (Wildman–Crippen LogP) is 3.64. The van der Waals surface area contributed by atoms with E-state index in [0.717, 1.165) is 11.8 Å². The lowest BCUT2D eigenvalue weighted by molar-refractivity contribution is -0.139. The van der Waals surface area contributed by atoms with Crippen LogP contribution in [0.3, 0.4) is 0 Å². The highest BCUT2D eigenvalue weighted by Gasteiger charge is 2.32. The first-order chi connectivity index (χ1) is 14.9. The highest BCUT2D eigenvalue weighted by molar-refractivity contribution is 8.18. The first kappa shape index (κ1) is 21.8. The molecule has 8 nitrogen and oxygen atoms in total. The van der Waals surface area contributed by atoms with Gasteiger partial charge in [0.15, 0.2) is 11.8 Å². The average Bonchev–Trinajstić information content (AvgIpc) is 3.02. The number of ether oxygens (including phenoxy) is 1. The Labute approximate surface area is 182 Å². The van der Waals surface area contributed by atoms with Crippen molar-refractivity contribution in [2.24, 2.45) is 4.99 Å². The van der Waals surface area contributed by atoms with Gasteiger partial charge in [0.2, 0.25) is 0 Å². The minimum atomic E-state index is -1.09. The summed E-state index contributed by atoms with van der Waals surface area (Å²) in [7, 11) is 0. The number of hydrogen-bond donors (Lipinski definition) is 2. The first-order valence-electron chi connectivity index (χ1n) is 9.06. The molecule has 0 spiro atoms. The van der Waals surface area contributed by atoms with Crippen molar-refractivity contribution in [3.8, 4) is 5.75 Å². The van der Waals surface area contributed by atoms with E-state index >= 15 is 0 Å². The van der Waals surface area contributed by atoms with Gasteiger partial charge in [-0.05, 0) is 53.7 Å². The molecular weight excluding hydrogens is 420 g/mol. The van der Waals surface area contributed by atoms with E-state index in [0.29, 0.717) is 27.1 Å². The van der Waals surface area contributed by atoms with Crippen LogP contribution in [0.5, 0.6) is 5.75 Å². The molecular formula is C22H18N2O6S. The Morgan fingerprint density at radius 1 is 1.16 bits per heavy atom. The van der Waals surface area contributed by atoms with Crippen molar-refractivity contribution in [3.63, 3.8) is 0 Å². The van der Waals surface area contributed by atoms with E-state index in [4.69, 9.17) is 14.9 Å². The standard InChI is InChI=1S/C22H18N2O6S/c1-2-9-24-20(27)18(11-14-5-3-8-17(10-14)30-13-19(25)26)31-22(24)23-16-7-4-6-15(12-16)21(28)29/h2-8,10-12H,1,9,13H2,(H,25,26)(H,28,29)/b18-11-,23-22?. The number of amides is 1. The normalized spacial score (nSPS) is 16.0. The summed E-state index contributed by atoms with van der Waals surface area (Å²) >= 11 is 1.15. The van der Waals surface area contributed by atoms with Crippen LogP contribution >= 0.6 is 11.8 Å². The Balaban J connectivity index is 1.90. The van der Waals surface area contributed by atoms with Crippen molar-refractivity contribution in [1.82, 2.24) is 4.90 Å². The maximum Gasteiger partial charge on any atom is 0.341 e. The van der Waals surface area contributed by atoms with Crippen LogP contribution in [-0.2, 0) is 9.59 Å². The van der Waals surface area contributed by atoms with Gasteiger partial charge in [0.25, 0.3) is 5.91 Å². The van der Waals surface area contributed by atoms with Gasteiger partial charge in [-0.15, -0.1) is 6.58 Å². The molecule has 31 heavy (non-hydrogen) atoms. The van der Waals surface area contributed by atoms with Crippen molar-refractivity contribution in [3.05, 3.63) is 77.2 Å². The number of carboxylic acid groups (broad SMARTS) is 2. The summed E-state index contributed by atoms with van der Waals surface area (Å²) in [5.74, 6) is -2.05. The van der Waals surface area contributed by atoms with E-state index < -0.39 is 18.5 Å². The molecule has 2 N–H and O–H groups in total. The predicted molar refractivity (Wildman–Crippen MR) is 118 cm³/mol. The lowest BCUT2D eigenvalue weighted by Crippen LogP contribution is -2.29. The molecule has 1 aliphatic heterocycles. The summed E-state index contributed by atoms with van der Waals surface area (Å²) in [5, 5.41) is 18.3. The number of hydrogen-bond acceptors (Lipinski definition) is 6. The topological polar surface area (TPSA) is 117 Å². The Morgan fingerprint density at radius 3 is 2.65 bits per heavy atom. The molecule has 0 atom stereocenters.